The molecular weight excluding hydrogens is 514 g/mol. The number of rotatable bonds is 8. The zero-order chi connectivity index (χ0) is 28.1. The lowest BCUT2D eigenvalue weighted by molar-refractivity contribution is -0.151. The van der Waals surface area contributed by atoms with Gasteiger partial charge in [0.25, 0.3) is 0 Å². The van der Waals surface area contributed by atoms with Gasteiger partial charge in [-0.3, -0.25) is 0 Å². The first-order valence-corrected chi connectivity index (χ1v) is 12.9. The van der Waals surface area contributed by atoms with Crippen molar-refractivity contribution in [3.8, 4) is 23.0 Å². The molecule has 2 heterocycles. The summed E-state index contributed by atoms with van der Waals surface area (Å²) in [5.41, 5.74) is -1.79. The molecular formula is C30H31N3O7. The minimum atomic E-state index is -2.00. The average molecular weight is 546 g/mol. The second-order valence-corrected chi connectivity index (χ2v) is 9.96. The standard InChI is InChI=1S/C30H31N3O7/c1-31-16-23-32-33-28(39-23)24-25(17-8-6-5-7-9-17)30(18-10-12-19(36-2)13-11-18)29(35,27(24)34)26-21(38-4)14-20(37-3)15-22(26)40-30/h5-15,24-25,27,31,34-35H,16H2,1-4H3/t24-,25-,27-,29+,30+/m1/s1. The van der Waals surface area contributed by atoms with Crippen molar-refractivity contribution in [1.29, 1.82) is 0 Å². The Labute approximate surface area is 231 Å². The Morgan fingerprint density at radius 2 is 1.65 bits per heavy atom. The molecule has 1 aromatic heterocycles. The van der Waals surface area contributed by atoms with Crippen molar-refractivity contribution in [3.63, 3.8) is 0 Å². The second-order valence-electron chi connectivity index (χ2n) is 9.96. The van der Waals surface area contributed by atoms with E-state index in [-0.39, 0.29) is 5.89 Å². The lowest BCUT2D eigenvalue weighted by atomic mass is 9.70. The predicted octanol–water partition coefficient (Wildman–Crippen LogP) is 3.23. The van der Waals surface area contributed by atoms with Crippen LogP contribution < -0.4 is 24.3 Å². The quantitative estimate of drug-likeness (QED) is 0.304. The van der Waals surface area contributed by atoms with Crippen LogP contribution in [0.5, 0.6) is 23.0 Å². The number of fused-ring (bicyclic) bond motifs is 3. The van der Waals surface area contributed by atoms with Gasteiger partial charge in [-0.25, -0.2) is 0 Å². The Morgan fingerprint density at radius 1 is 0.925 bits per heavy atom. The fourth-order valence-electron chi connectivity index (χ4n) is 6.40. The topological polar surface area (TPSA) is 128 Å². The summed E-state index contributed by atoms with van der Waals surface area (Å²) in [6, 6.07) is 20.2. The van der Waals surface area contributed by atoms with Gasteiger partial charge in [-0.05, 0) is 30.3 Å². The molecule has 3 aromatic carbocycles. The number of nitrogens with one attached hydrogen (secondary N) is 1. The molecule has 40 heavy (non-hydrogen) atoms. The summed E-state index contributed by atoms with van der Waals surface area (Å²) in [7, 11) is 6.41. The molecule has 3 N–H and O–H groups in total. The first kappa shape index (κ1) is 26.1. The number of ether oxygens (including phenoxy) is 4. The van der Waals surface area contributed by atoms with Gasteiger partial charge in [0.1, 0.15) is 29.1 Å². The summed E-state index contributed by atoms with van der Waals surface area (Å²) in [6.07, 6.45) is -1.44. The summed E-state index contributed by atoms with van der Waals surface area (Å²) < 4.78 is 29.6. The van der Waals surface area contributed by atoms with Crippen LogP contribution in [0, 0.1) is 0 Å². The molecule has 1 aliphatic carbocycles. The molecule has 0 saturated heterocycles. The largest absolute Gasteiger partial charge is 0.497 e. The van der Waals surface area contributed by atoms with Crippen LogP contribution in [0.3, 0.4) is 0 Å². The zero-order valence-corrected chi connectivity index (χ0v) is 22.6. The van der Waals surface area contributed by atoms with Gasteiger partial charge in [-0.2, -0.15) is 0 Å². The second kappa shape index (κ2) is 9.81. The molecule has 0 bridgehead atoms. The summed E-state index contributed by atoms with van der Waals surface area (Å²) in [5, 5.41) is 36.8. The van der Waals surface area contributed by atoms with Crippen molar-refractivity contribution in [3.05, 3.63) is 95.2 Å². The number of aromatic nitrogens is 2. The van der Waals surface area contributed by atoms with Crippen LogP contribution in [-0.2, 0) is 17.7 Å². The lowest BCUT2D eigenvalue weighted by Crippen LogP contribution is -2.52. The Kier molecular flexibility index (Phi) is 6.41. The monoisotopic (exact) mass is 545 g/mol. The van der Waals surface area contributed by atoms with Gasteiger partial charge >= 0.3 is 0 Å². The number of hydrogen-bond donors (Lipinski definition) is 3. The summed E-state index contributed by atoms with van der Waals surface area (Å²) in [5.74, 6) is 0.830. The molecule has 0 radical (unpaired) electrons. The smallest absolute Gasteiger partial charge is 0.230 e. The maximum atomic E-state index is 13.0. The Bertz CT molecular complexity index is 1510. The highest BCUT2D eigenvalue weighted by Crippen LogP contribution is 2.72. The Morgan fingerprint density at radius 3 is 2.30 bits per heavy atom. The molecule has 2 aliphatic rings. The van der Waals surface area contributed by atoms with Crippen molar-refractivity contribution < 1.29 is 33.6 Å². The minimum absolute atomic E-state index is 0.194. The highest BCUT2D eigenvalue weighted by atomic mass is 16.5. The number of nitrogens with zero attached hydrogens (tertiary/aromatic N) is 2. The molecule has 10 nitrogen and oxygen atoms in total. The summed E-state index contributed by atoms with van der Waals surface area (Å²) in [6.45, 7) is 0.354. The van der Waals surface area contributed by atoms with E-state index < -0.39 is 29.1 Å². The van der Waals surface area contributed by atoms with E-state index >= 15 is 0 Å². The molecule has 1 aliphatic heterocycles. The van der Waals surface area contributed by atoms with Crippen molar-refractivity contribution >= 4 is 0 Å². The highest BCUT2D eigenvalue weighted by molar-refractivity contribution is 5.63. The zero-order valence-electron chi connectivity index (χ0n) is 22.6. The van der Waals surface area contributed by atoms with E-state index in [4.69, 9.17) is 23.4 Å². The van der Waals surface area contributed by atoms with Crippen molar-refractivity contribution in [2.24, 2.45) is 0 Å². The van der Waals surface area contributed by atoms with Crippen LogP contribution >= 0.6 is 0 Å². The van der Waals surface area contributed by atoms with Gasteiger partial charge in [0.05, 0.1) is 39.4 Å². The van der Waals surface area contributed by atoms with E-state index in [1.165, 1.54) is 7.11 Å². The molecule has 4 aromatic rings. The fourth-order valence-corrected chi connectivity index (χ4v) is 6.40. The molecule has 5 atom stereocenters. The first-order chi connectivity index (χ1) is 19.4. The van der Waals surface area contributed by atoms with Crippen molar-refractivity contribution in [1.82, 2.24) is 15.5 Å². The fraction of sp³-hybridized carbons (Fsp3) is 0.333. The van der Waals surface area contributed by atoms with Crippen molar-refractivity contribution in [2.75, 3.05) is 28.4 Å². The Hall–Kier alpha value is -4.12. The summed E-state index contributed by atoms with van der Waals surface area (Å²) >= 11 is 0. The van der Waals surface area contributed by atoms with Crippen LogP contribution in [0.1, 0.15) is 40.3 Å². The first-order valence-electron chi connectivity index (χ1n) is 12.9. The normalized spacial score (nSPS) is 26.6. The number of methoxy groups -OCH3 is 3. The maximum Gasteiger partial charge on any atom is 0.230 e. The molecule has 10 heteroatoms. The molecule has 1 fully saturated rings. The van der Waals surface area contributed by atoms with Crippen LogP contribution in [0.2, 0.25) is 0 Å². The van der Waals surface area contributed by atoms with Crippen LogP contribution in [-0.4, -0.2) is 54.9 Å². The predicted molar refractivity (Wildman–Crippen MR) is 144 cm³/mol. The molecule has 6 rings (SSSR count). The SMILES string of the molecule is CNCc1nnc([C@H]2[C@@H](O)[C@@]3(O)c4c(OC)cc(OC)cc4O[C@@]3(c3ccc(OC)cc3)[C@@H]2c2ccccc2)o1. The van der Waals surface area contributed by atoms with E-state index in [9.17, 15) is 10.2 Å². The van der Waals surface area contributed by atoms with Crippen LogP contribution in [0.25, 0.3) is 0 Å². The molecule has 0 spiro atoms. The molecule has 0 amide bonds. The van der Waals surface area contributed by atoms with Gasteiger partial charge < -0.3 is 38.9 Å². The van der Waals surface area contributed by atoms with Crippen molar-refractivity contribution in [2.45, 2.75) is 35.7 Å². The van der Waals surface area contributed by atoms with Gasteiger partial charge in [-0.15, -0.1) is 10.2 Å². The van der Waals surface area contributed by atoms with Gasteiger partial charge in [0, 0.05) is 18.1 Å². The average Bonchev–Trinajstić information content (AvgIpc) is 3.61. The molecule has 1 saturated carbocycles. The third-order valence-corrected chi connectivity index (χ3v) is 8.05. The van der Waals surface area contributed by atoms with Crippen LogP contribution in [0.15, 0.2) is 71.1 Å². The number of hydrogen-bond acceptors (Lipinski definition) is 10. The lowest BCUT2D eigenvalue weighted by Gasteiger charge is -2.40. The highest BCUT2D eigenvalue weighted by Gasteiger charge is 2.78. The van der Waals surface area contributed by atoms with Gasteiger partial charge in [-0.1, -0.05) is 42.5 Å². The number of benzene rings is 3. The van der Waals surface area contributed by atoms with E-state index in [2.05, 4.69) is 15.5 Å². The minimum Gasteiger partial charge on any atom is -0.497 e. The van der Waals surface area contributed by atoms with Gasteiger partial charge in [0.2, 0.25) is 11.8 Å². The van der Waals surface area contributed by atoms with Gasteiger partial charge in [0.15, 0.2) is 11.2 Å². The van der Waals surface area contributed by atoms with E-state index in [0.29, 0.717) is 46.6 Å². The van der Waals surface area contributed by atoms with Crippen LogP contribution in [0.4, 0.5) is 0 Å². The Balaban J connectivity index is 1.68. The maximum absolute atomic E-state index is 13.0. The number of aliphatic hydroxyl groups excluding tert-OH is 1. The number of aliphatic hydroxyl groups is 2. The third-order valence-electron chi connectivity index (χ3n) is 8.05. The summed E-state index contributed by atoms with van der Waals surface area (Å²) in [4.78, 5) is 0. The van der Waals surface area contributed by atoms with E-state index in [1.54, 1.807) is 45.5 Å². The van der Waals surface area contributed by atoms with E-state index in [0.717, 1.165) is 5.56 Å². The molecule has 0 unspecified atom stereocenters. The van der Waals surface area contributed by atoms with E-state index in [1.807, 2.05) is 42.5 Å². The molecule has 208 valence electrons. The third kappa shape index (κ3) is 3.53.